The highest BCUT2D eigenvalue weighted by Crippen LogP contribution is 2.24. The third-order valence-electron chi connectivity index (χ3n) is 5.20. The molecule has 0 saturated carbocycles. The van der Waals surface area contributed by atoms with E-state index in [2.05, 4.69) is 30.8 Å². The van der Waals surface area contributed by atoms with Crippen LogP contribution in [0.25, 0.3) is 10.8 Å². The lowest BCUT2D eigenvalue weighted by Gasteiger charge is -2.25. The van der Waals surface area contributed by atoms with Crippen LogP contribution in [-0.2, 0) is 17.8 Å². The van der Waals surface area contributed by atoms with Crippen LogP contribution in [0.5, 0.6) is 0 Å². The van der Waals surface area contributed by atoms with Crippen LogP contribution < -0.4 is 0 Å². The summed E-state index contributed by atoms with van der Waals surface area (Å²) < 4.78 is 0. The molecular weight excluding hydrogens is 368 g/mol. The summed E-state index contributed by atoms with van der Waals surface area (Å²) in [5.74, 6) is 0.286. The van der Waals surface area contributed by atoms with Crippen molar-refractivity contribution in [2.75, 3.05) is 12.3 Å². The Kier molecular flexibility index (Phi) is 5.35. The summed E-state index contributed by atoms with van der Waals surface area (Å²) in [6, 6.07) is 23.6. The predicted molar refractivity (Wildman–Crippen MR) is 114 cm³/mol. The Bertz CT molecular complexity index is 1000. The van der Waals surface area contributed by atoms with Gasteiger partial charge in [0.25, 0.3) is 5.91 Å². The van der Waals surface area contributed by atoms with Crippen molar-refractivity contribution in [1.29, 1.82) is 0 Å². The maximum Gasteiger partial charge on any atom is 0.327 e. The van der Waals surface area contributed by atoms with Crippen LogP contribution in [0.4, 0.5) is 4.79 Å². The van der Waals surface area contributed by atoms with Crippen LogP contribution in [0.3, 0.4) is 0 Å². The first-order valence-electron chi connectivity index (χ1n) is 9.40. The standard InChI is InChI=1S/C23H22N2O2S/c26-22-15-24(14-19-11-6-10-18-9-4-5-12-21(18)19)23(27)25(22)20(16-28)13-17-7-2-1-3-8-17/h1-12,20,28H,13-16H2. The second kappa shape index (κ2) is 8.07. The number of thiol groups is 1. The van der Waals surface area contributed by atoms with E-state index in [1.54, 1.807) is 4.90 Å². The van der Waals surface area contributed by atoms with E-state index in [9.17, 15) is 9.59 Å². The van der Waals surface area contributed by atoms with Gasteiger partial charge in [0.05, 0.1) is 6.04 Å². The molecule has 1 atom stereocenters. The SMILES string of the molecule is O=C1CN(Cc2cccc3ccccc23)C(=O)N1C(CS)Cc1ccccc1. The molecule has 1 unspecified atom stereocenters. The van der Waals surface area contributed by atoms with E-state index in [1.165, 1.54) is 4.90 Å². The lowest BCUT2D eigenvalue weighted by atomic mass is 10.0. The van der Waals surface area contributed by atoms with Crippen LogP contribution in [-0.4, -0.2) is 40.1 Å². The molecule has 0 bridgehead atoms. The lowest BCUT2D eigenvalue weighted by Crippen LogP contribution is -2.43. The summed E-state index contributed by atoms with van der Waals surface area (Å²) in [5, 5.41) is 2.24. The van der Waals surface area contributed by atoms with Gasteiger partial charge in [-0.1, -0.05) is 72.8 Å². The van der Waals surface area contributed by atoms with Crippen LogP contribution >= 0.6 is 12.6 Å². The van der Waals surface area contributed by atoms with Gasteiger partial charge in [-0.25, -0.2) is 4.79 Å². The molecule has 1 aliphatic heterocycles. The molecule has 3 aromatic carbocycles. The van der Waals surface area contributed by atoms with Crippen molar-refractivity contribution in [3.63, 3.8) is 0 Å². The van der Waals surface area contributed by atoms with Gasteiger partial charge in [-0.3, -0.25) is 9.69 Å². The van der Waals surface area contributed by atoms with Gasteiger partial charge >= 0.3 is 6.03 Å². The minimum absolute atomic E-state index is 0.112. The summed E-state index contributed by atoms with van der Waals surface area (Å²) >= 11 is 4.41. The Hall–Kier alpha value is -2.79. The van der Waals surface area contributed by atoms with Crippen molar-refractivity contribution in [2.24, 2.45) is 0 Å². The van der Waals surface area contributed by atoms with E-state index >= 15 is 0 Å². The molecule has 142 valence electrons. The number of hydrogen-bond donors (Lipinski definition) is 1. The maximum absolute atomic E-state index is 13.0. The monoisotopic (exact) mass is 390 g/mol. The maximum atomic E-state index is 13.0. The Labute approximate surface area is 170 Å². The molecule has 4 rings (SSSR count). The molecular formula is C23H22N2O2S. The Morgan fingerprint density at radius 2 is 1.61 bits per heavy atom. The molecule has 0 N–H and O–H groups in total. The van der Waals surface area contributed by atoms with Crippen molar-refractivity contribution in [3.8, 4) is 0 Å². The van der Waals surface area contributed by atoms with Gasteiger partial charge in [-0.2, -0.15) is 12.6 Å². The largest absolute Gasteiger partial charge is 0.327 e. The van der Waals surface area contributed by atoms with E-state index in [1.807, 2.05) is 54.6 Å². The molecule has 1 fully saturated rings. The highest BCUT2D eigenvalue weighted by molar-refractivity contribution is 7.80. The van der Waals surface area contributed by atoms with E-state index < -0.39 is 0 Å². The van der Waals surface area contributed by atoms with Gasteiger partial charge in [-0.05, 0) is 28.3 Å². The highest BCUT2D eigenvalue weighted by Gasteiger charge is 2.40. The number of amides is 3. The molecule has 1 heterocycles. The fourth-order valence-corrected chi connectivity index (χ4v) is 4.10. The molecule has 0 spiro atoms. The molecule has 1 saturated heterocycles. The fourth-order valence-electron chi connectivity index (χ4n) is 3.81. The smallest absolute Gasteiger partial charge is 0.311 e. The van der Waals surface area contributed by atoms with Gasteiger partial charge < -0.3 is 4.90 Å². The number of hydrogen-bond acceptors (Lipinski definition) is 3. The Morgan fingerprint density at radius 3 is 2.39 bits per heavy atom. The zero-order chi connectivity index (χ0) is 19.5. The van der Waals surface area contributed by atoms with Crippen LogP contribution in [0, 0.1) is 0 Å². The van der Waals surface area contributed by atoms with Gasteiger partial charge in [0.15, 0.2) is 0 Å². The van der Waals surface area contributed by atoms with Gasteiger partial charge in [-0.15, -0.1) is 0 Å². The zero-order valence-electron chi connectivity index (χ0n) is 15.5. The number of benzene rings is 3. The number of rotatable bonds is 6. The van der Waals surface area contributed by atoms with Crippen molar-refractivity contribution in [2.45, 2.75) is 19.0 Å². The average molecular weight is 391 g/mol. The van der Waals surface area contributed by atoms with E-state index in [0.29, 0.717) is 18.7 Å². The Balaban J connectivity index is 1.55. The van der Waals surface area contributed by atoms with Crippen molar-refractivity contribution >= 4 is 35.3 Å². The zero-order valence-corrected chi connectivity index (χ0v) is 16.4. The normalized spacial score (nSPS) is 15.5. The number of imide groups is 1. The number of nitrogens with zero attached hydrogens (tertiary/aromatic N) is 2. The first-order chi connectivity index (χ1) is 13.7. The third-order valence-corrected chi connectivity index (χ3v) is 5.62. The molecule has 0 aliphatic carbocycles. The summed E-state index contributed by atoms with van der Waals surface area (Å²) in [6.45, 7) is 0.536. The topological polar surface area (TPSA) is 40.6 Å². The van der Waals surface area contributed by atoms with Gasteiger partial charge in [0, 0.05) is 12.3 Å². The van der Waals surface area contributed by atoms with Crippen LogP contribution in [0.2, 0.25) is 0 Å². The minimum Gasteiger partial charge on any atom is -0.311 e. The van der Waals surface area contributed by atoms with Crippen molar-refractivity contribution < 1.29 is 9.59 Å². The van der Waals surface area contributed by atoms with Crippen LogP contribution in [0.15, 0.2) is 72.8 Å². The number of urea groups is 1. The quantitative estimate of drug-likeness (QED) is 0.508. The van der Waals surface area contributed by atoms with E-state index in [-0.39, 0.29) is 24.5 Å². The van der Waals surface area contributed by atoms with Crippen LogP contribution in [0.1, 0.15) is 11.1 Å². The van der Waals surface area contributed by atoms with E-state index in [4.69, 9.17) is 0 Å². The second-order valence-electron chi connectivity index (χ2n) is 7.07. The number of fused-ring (bicyclic) bond motifs is 1. The van der Waals surface area contributed by atoms with Crippen molar-refractivity contribution in [3.05, 3.63) is 83.9 Å². The second-order valence-corrected chi connectivity index (χ2v) is 7.43. The summed E-state index contributed by atoms with van der Waals surface area (Å²) in [6.07, 6.45) is 0.615. The minimum atomic E-state index is -0.247. The summed E-state index contributed by atoms with van der Waals surface area (Å²) in [4.78, 5) is 28.7. The molecule has 0 aromatic heterocycles. The first-order valence-corrected chi connectivity index (χ1v) is 10.0. The number of carbonyl (C=O) groups excluding carboxylic acids is 2. The first kappa shape index (κ1) is 18.6. The lowest BCUT2D eigenvalue weighted by molar-refractivity contribution is -0.126. The Morgan fingerprint density at radius 1 is 0.893 bits per heavy atom. The molecule has 28 heavy (non-hydrogen) atoms. The number of carbonyl (C=O) groups is 2. The molecule has 5 heteroatoms. The van der Waals surface area contributed by atoms with Gasteiger partial charge in [0.1, 0.15) is 6.54 Å². The van der Waals surface area contributed by atoms with E-state index in [0.717, 1.165) is 21.9 Å². The van der Waals surface area contributed by atoms with Gasteiger partial charge in [0.2, 0.25) is 0 Å². The third kappa shape index (κ3) is 3.62. The predicted octanol–water partition coefficient (Wildman–Crippen LogP) is 4.15. The summed E-state index contributed by atoms with van der Waals surface area (Å²) in [5.41, 5.74) is 2.14. The fraction of sp³-hybridized carbons (Fsp3) is 0.217. The molecule has 3 amide bonds. The average Bonchev–Trinajstić information content (AvgIpc) is 3.00. The molecule has 3 aromatic rings. The van der Waals surface area contributed by atoms with Crippen molar-refractivity contribution in [1.82, 2.24) is 9.80 Å². The molecule has 1 aliphatic rings. The summed E-state index contributed by atoms with van der Waals surface area (Å²) in [7, 11) is 0. The molecule has 4 nitrogen and oxygen atoms in total. The molecule has 0 radical (unpaired) electrons. The highest BCUT2D eigenvalue weighted by atomic mass is 32.1.